The summed E-state index contributed by atoms with van der Waals surface area (Å²) in [7, 11) is -4.69. The number of aromatic nitrogens is 8. The summed E-state index contributed by atoms with van der Waals surface area (Å²) in [6.45, 7) is -0.430. The number of aromatic amines is 2. The largest absolute Gasteiger partial charge is 0.472 e. The van der Waals surface area contributed by atoms with Crippen molar-refractivity contribution in [3.63, 3.8) is 0 Å². The number of ether oxygens (including phenoxy) is 2. The Morgan fingerprint density at radius 1 is 1.02 bits per heavy atom. The van der Waals surface area contributed by atoms with Crippen molar-refractivity contribution in [3.05, 3.63) is 39.7 Å². The maximum atomic E-state index is 15.9. The predicted molar refractivity (Wildman–Crippen MR) is 131 cm³/mol. The number of nitrogens with two attached hydrogens (primary N) is 1. The van der Waals surface area contributed by atoms with Crippen molar-refractivity contribution in [2.45, 2.75) is 56.2 Å². The second-order valence-electron chi connectivity index (χ2n) is 9.87. The topological polar surface area (TPSA) is 227 Å². The number of phosphoric acid groups is 1. The highest BCUT2D eigenvalue weighted by atomic mass is 31.2. The summed E-state index contributed by atoms with van der Waals surface area (Å²) in [6, 6.07) is 0. The van der Waals surface area contributed by atoms with Crippen LogP contribution in [0.4, 0.5) is 10.3 Å². The lowest BCUT2D eigenvalue weighted by Crippen LogP contribution is -2.28. The van der Waals surface area contributed by atoms with Gasteiger partial charge in [-0.2, -0.15) is 4.98 Å². The average Bonchev–Trinajstić information content (AvgIpc) is 3.66. The highest BCUT2D eigenvalue weighted by Gasteiger charge is 2.50. The van der Waals surface area contributed by atoms with Crippen LogP contribution in [0.1, 0.15) is 31.7 Å². The number of imidazole rings is 2. The van der Waals surface area contributed by atoms with Crippen LogP contribution in [-0.2, 0) is 23.1 Å². The van der Waals surface area contributed by atoms with E-state index in [1.54, 1.807) is 0 Å². The molecule has 8 atom stereocenters. The van der Waals surface area contributed by atoms with Crippen molar-refractivity contribution in [1.29, 1.82) is 0 Å². The van der Waals surface area contributed by atoms with Crippen molar-refractivity contribution < 1.29 is 32.4 Å². The molecule has 17 nitrogen and oxygen atoms in total. The molecule has 0 amide bonds. The first-order chi connectivity index (χ1) is 19.2. The van der Waals surface area contributed by atoms with E-state index >= 15 is 4.39 Å². The Labute approximate surface area is 222 Å². The van der Waals surface area contributed by atoms with Gasteiger partial charge in [0.25, 0.3) is 11.1 Å². The Morgan fingerprint density at radius 3 is 2.58 bits per heavy atom. The summed E-state index contributed by atoms with van der Waals surface area (Å²) in [4.78, 5) is 55.9. The molecule has 0 aromatic carbocycles. The molecule has 3 aliphatic rings. The zero-order valence-electron chi connectivity index (χ0n) is 20.5. The van der Waals surface area contributed by atoms with Gasteiger partial charge in [0, 0.05) is 12.3 Å². The maximum absolute atomic E-state index is 15.9. The molecule has 0 spiro atoms. The molecule has 2 bridgehead atoms. The normalized spacial score (nSPS) is 34.7. The van der Waals surface area contributed by atoms with Crippen LogP contribution in [-0.4, -0.2) is 75.0 Å². The van der Waals surface area contributed by atoms with E-state index in [1.165, 1.54) is 28.1 Å². The van der Waals surface area contributed by atoms with E-state index in [2.05, 4.69) is 29.9 Å². The van der Waals surface area contributed by atoms with Crippen molar-refractivity contribution in [3.8, 4) is 0 Å². The van der Waals surface area contributed by atoms with Gasteiger partial charge in [-0.1, -0.05) is 0 Å². The van der Waals surface area contributed by atoms with Gasteiger partial charge in [0.15, 0.2) is 41.0 Å². The quantitative estimate of drug-likeness (QED) is 0.234. The molecule has 40 heavy (non-hydrogen) atoms. The van der Waals surface area contributed by atoms with Crippen LogP contribution < -0.4 is 16.9 Å². The SMILES string of the molecule is Nc1nc2c(ncn2[C@@H]2OC3CC[C@H]4[C@@H](F)[C@H](n5cnc6c(=O)[nH]cnc65)O[C@@H]4COP(=O)(O)O[C@@H]2C3)c(=O)[nH]1. The molecule has 7 heterocycles. The summed E-state index contributed by atoms with van der Waals surface area (Å²) >= 11 is 0. The van der Waals surface area contributed by atoms with Crippen LogP contribution >= 0.6 is 7.82 Å². The molecule has 19 heteroatoms. The maximum Gasteiger partial charge on any atom is 0.472 e. The van der Waals surface area contributed by atoms with Crippen molar-refractivity contribution in [2.75, 3.05) is 12.3 Å². The van der Waals surface area contributed by atoms with Gasteiger partial charge in [0.05, 0.1) is 37.8 Å². The molecule has 0 saturated carbocycles. The fraction of sp³-hybridized carbons (Fsp3) is 0.524. The molecular weight excluding hydrogens is 556 g/mol. The van der Waals surface area contributed by atoms with E-state index in [-0.39, 0.29) is 41.1 Å². The van der Waals surface area contributed by atoms with E-state index in [1.807, 2.05) is 0 Å². The monoisotopic (exact) mass is 579 g/mol. The molecule has 4 aromatic rings. The van der Waals surface area contributed by atoms with Crippen LogP contribution in [0, 0.1) is 5.92 Å². The second kappa shape index (κ2) is 9.25. The number of nitrogen functional groups attached to an aromatic ring is 1. The molecule has 212 valence electrons. The van der Waals surface area contributed by atoms with Gasteiger partial charge in [0.1, 0.15) is 6.10 Å². The minimum atomic E-state index is -4.69. The summed E-state index contributed by atoms with van der Waals surface area (Å²) in [5.74, 6) is -0.893. The smallest absolute Gasteiger partial charge is 0.369 e. The standard InChI is InChI=1S/C21H23FN9O8P/c22-12-9-2-1-8-3-10(19(37-8)31-7-27-14-16(31)28-21(23)29-18(14)33)39-40(34,35)36-4-11(9)38-20(12)30-6-26-13-15(30)24-5-25-17(13)32/h5-12,19-20H,1-4H2,(H,34,35)(H,24,25,32)(H3,23,28,29,33)/t8?,9-,10-,11-,12-,19-,20-/m1/s1. The molecule has 3 fully saturated rings. The predicted octanol–water partition coefficient (Wildman–Crippen LogP) is 0.270. The number of phosphoric ester groups is 1. The van der Waals surface area contributed by atoms with Gasteiger partial charge in [0.2, 0.25) is 5.95 Å². The number of anilines is 1. The number of alkyl halides is 1. The Morgan fingerprint density at radius 2 is 1.77 bits per heavy atom. The molecule has 0 radical (unpaired) electrons. The number of halogens is 1. The Hall–Kier alpha value is -3.54. The fourth-order valence-corrected chi connectivity index (χ4v) is 6.59. The summed E-state index contributed by atoms with van der Waals surface area (Å²) in [5.41, 5.74) is 4.94. The summed E-state index contributed by atoms with van der Waals surface area (Å²) in [5, 5.41) is 0. The number of hydrogen-bond donors (Lipinski definition) is 4. The first kappa shape index (κ1) is 25.4. The molecule has 0 aliphatic carbocycles. The zero-order valence-corrected chi connectivity index (χ0v) is 21.4. The van der Waals surface area contributed by atoms with E-state index in [4.69, 9.17) is 24.3 Å². The van der Waals surface area contributed by atoms with Crippen LogP contribution in [0.15, 0.2) is 28.6 Å². The minimum absolute atomic E-state index is 0.00492. The Bertz CT molecular complexity index is 1770. The number of H-pyrrole nitrogens is 2. The third kappa shape index (κ3) is 4.15. The van der Waals surface area contributed by atoms with Crippen molar-refractivity contribution in [1.82, 2.24) is 39.0 Å². The molecule has 4 aromatic heterocycles. The van der Waals surface area contributed by atoms with Crippen molar-refractivity contribution >= 4 is 36.1 Å². The van der Waals surface area contributed by atoms with Gasteiger partial charge in [-0.05, 0) is 12.8 Å². The lowest BCUT2D eigenvalue weighted by atomic mass is 9.92. The van der Waals surface area contributed by atoms with E-state index < -0.39 is 68.4 Å². The first-order valence-electron chi connectivity index (χ1n) is 12.4. The van der Waals surface area contributed by atoms with E-state index in [9.17, 15) is 19.0 Å². The van der Waals surface area contributed by atoms with Crippen molar-refractivity contribution in [2.24, 2.45) is 5.92 Å². The average molecular weight is 579 g/mol. The highest BCUT2D eigenvalue weighted by molar-refractivity contribution is 7.47. The number of hydrogen-bond acceptors (Lipinski definition) is 12. The summed E-state index contributed by atoms with van der Waals surface area (Å²) < 4.78 is 54.5. The van der Waals surface area contributed by atoms with Gasteiger partial charge < -0.3 is 25.1 Å². The Balaban J connectivity index is 1.18. The first-order valence-corrected chi connectivity index (χ1v) is 13.9. The second-order valence-corrected chi connectivity index (χ2v) is 11.3. The molecule has 2 unspecified atom stereocenters. The number of rotatable bonds is 2. The lowest BCUT2D eigenvalue weighted by molar-refractivity contribution is -0.0578. The number of nitrogens with one attached hydrogen (secondary N) is 2. The fourth-order valence-electron chi connectivity index (χ4n) is 5.67. The molecule has 7 rings (SSSR count). The summed E-state index contributed by atoms with van der Waals surface area (Å²) in [6.07, 6.45) is -1.60. The third-order valence-electron chi connectivity index (χ3n) is 7.47. The van der Waals surface area contributed by atoms with Gasteiger partial charge in [-0.15, -0.1) is 0 Å². The number of nitrogens with zero attached hydrogens (tertiary/aromatic N) is 6. The lowest BCUT2D eigenvalue weighted by Gasteiger charge is -2.25. The number of fused-ring (bicyclic) bond motifs is 5. The minimum Gasteiger partial charge on any atom is -0.369 e. The highest BCUT2D eigenvalue weighted by Crippen LogP contribution is 2.52. The van der Waals surface area contributed by atoms with Gasteiger partial charge in [-0.3, -0.25) is 32.8 Å². The van der Waals surface area contributed by atoms with E-state index in [0.717, 1.165) is 0 Å². The molecule has 3 aliphatic heterocycles. The Kier molecular flexibility index (Phi) is 5.88. The van der Waals surface area contributed by atoms with Crippen LogP contribution in [0.3, 0.4) is 0 Å². The van der Waals surface area contributed by atoms with Crippen LogP contribution in [0.5, 0.6) is 0 Å². The van der Waals surface area contributed by atoms with Crippen LogP contribution in [0.2, 0.25) is 0 Å². The zero-order chi connectivity index (χ0) is 27.8. The molecule has 5 N–H and O–H groups in total. The van der Waals surface area contributed by atoms with Gasteiger partial charge in [-0.25, -0.2) is 23.9 Å². The van der Waals surface area contributed by atoms with Crippen LogP contribution in [0.25, 0.3) is 22.3 Å². The van der Waals surface area contributed by atoms with E-state index in [0.29, 0.717) is 6.42 Å². The molecular formula is C21H23FN9O8P. The van der Waals surface area contributed by atoms with Gasteiger partial charge >= 0.3 is 7.82 Å². The third-order valence-corrected chi connectivity index (χ3v) is 8.49. The molecule has 3 saturated heterocycles.